The molecule has 5 heteroatoms. The van der Waals surface area contributed by atoms with E-state index in [0.29, 0.717) is 0 Å². The lowest BCUT2D eigenvalue weighted by atomic mass is 10.1. The van der Waals surface area contributed by atoms with Gasteiger partial charge in [-0.3, -0.25) is 0 Å². The molecule has 1 unspecified atom stereocenters. The summed E-state index contributed by atoms with van der Waals surface area (Å²) < 4.78 is 2.09. The summed E-state index contributed by atoms with van der Waals surface area (Å²) in [6.07, 6.45) is 0. The highest BCUT2D eigenvalue weighted by atomic mass is 79.9. The highest BCUT2D eigenvalue weighted by molar-refractivity contribution is 9.13. The summed E-state index contributed by atoms with van der Waals surface area (Å²) in [5, 5.41) is 0.589. The van der Waals surface area contributed by atoms with E-state index in [2.05, 4.69) is 31.9 Å². The molecule has 0 radical (unpaired) electrons. The van der Waals surface area contributed by atoms with E-state index in [1.807, 2.05) is 30.3 Å². The summed E-state index contributed by atoms with van der Waals surface area (Å²) in [5.41, 5.74) is 1.05. The first-order valence-electron chi connectivity index (χ1n) is 4.42. The highest BCUT2D eigenvalue weighted by Gasteiger charge is 2.15. The van der Waals surface area contributed by atoms with Gasteiger partial charge >= 0.3 is 0 Å². The molecule has 0 spiro atoms. The van der Waals surface area contributed by atoms with E-state index in [1.165, 1.54) is 0 Å². The van der Waals surface area contributed by atoms with E-state index in [4.69, 9.17) is 23.2 Å². The van der Waals surface area contributed by atoms with Crippen molar-refractivity contribution in [1.29, 1.82) is 0 Å². The molecule has 0 aliphatic rings. The van der Waals surface area contributed by atoms with Crippen LogP contribution in [-0.4, -0.2) is 0 Å². The van der Waals surface area contributed by atoms with Crippen LogP contribution in [0.2, 0.25) is 5.02 Å². The molecule has 2 aromatic rings. The van der Waals surface area contributed by atoms with Crippen LogP contribution in [-0.2, 0) is 0 Å². The molecule has 0 nitrogen and oxygen atoms in total. The van der Waals surface area contributed by atoms with Crippen LogP contribution >= 0.6 is 66.4 Å². The van der Waals surface area contributed by atoms with Crippen molar-refractivity contribution < 1.29 is 0 Å². The predicted molar refractivity (Wildman–Crippen MR) is 78.9 cm³/mol. The van der Waals surface area contributed by atoms with Gasteiger partial charge in [-0.1, -0.05) is 23.7 Å². The van der Waals surface area contributed by atoms with Crippen LogP contribution in [0.25, 0.3) is 0 Å². The molecule has 0 saturated heterocycles. The van der Waals surface area contributed by atoms with Gasteiger partial charge < -0.3 is 0 Å². The smallest absolute Gasteiger partial charge is 0.0928 e. The average molecular weight is 401 g/mol. The third-order valence-electron chi connectivity index (χ3n) is 2.08. The number of hydrogen-bond acceptors (Lipinski definition) is 1. The number of alkyl halides is 1. The second-order valence-corrected chi connectivity index (χ2v) is 7.31. The number of halogens is 4. The van der Waals surface area contributed by atoms with Crippen LogP contribution in [0.5, 0.6) is 0 Å². The number of thiophene rings is 1. The fraction of sp³-hybridized carbons (Fsp3) is 0.0909. The first-order valence-corrected chi connectivity index (χ1v) is 7.64. The van der Waals surface area contributed by atoms with Crippen LogP contribution in [0.15, 0.2) is 38.6 Å². The Kier molecular flexibility index (Phi) is 4.36. The van der Waals surface area contributed by atoms with E-state index in [9.17, 15) is 0 Å². The summed E-state index contributed by atoms with van der Waals surface area (Å²) in [6, 6.07) is 9.62. The summed E-state index contributed by atoms with van der Waals surface area (Å²) in [5.74, 6) is 0. The van der Waals surface area contributed by atoms with E-state index in [1.54, 1.807) is 11.3 Å². The average Bonchev–Trinajstić information content (AvgIpc) is 2.59. The van der Waals surface area contributed by atoms with Crippen molar-refractivity contribution >= 4 is 66.4 Å². The molecule has 1 aromatic carbocycles. The zero-order chi connectivity index (χ0) is 11.7. The van der Waals surface area contributed by atoms with E-state index < -0.39 is 0 Å². The lowest BCUT2D eigenvalue weighted by molar-refractivity contribution is 1.18. The summed E-state index contributed by atoms with van der Waals surface area (Å²) in [6.45, 7) is 0. The second-order valence-electron chi connectivity index (χ2n) is 3.18. The molecular formula is C11H6Br2Cl2S. The number of rotatable bonds is 2. The Morgan fingerprint density at radius 1 is 1.12 bits per heavy atom. The van der Waals surface area contributed by atoms with Gasteiger partial charge in [0, 0.05) is 14.4 Å². The Labute approximate surface area is 125 Å². The third kappa shape index (κ3) is 2.82. The second kappa shape index (κ2) is 5.40. The molecule has 0 aliphatic carbocycles. The number of hydrogen-bond donors (Lipinski definition) is 0. The normalized spacial score (nSPS) is 12.8. The summed E-state index contributed by atoms with van der Waals surface area (Å²) in [4.78, 5) is 1.10. The molecule has 2 rings (SSSR count). The maximum Gasteiger partial charge on any atom is 0.0928 e. The van der Waals surface area contributed by atoms with Crippen LogP contribution in [0.3, 0.4) is 0 Å². The van der Waals surface area contributed by atoms with Gasteiger partial charge in [-0.05, 0) is 55.6 Å². The molecule has 1 heterocycles. The molecular weight excluding hydrogens is 395 g/mol. The Hall–Kier alpha value is 0.460. The van der Waals surface area contributed by atoms with E-state index >= 15 is 0 Å². The Morgan fingerprint density at radius 2 is 1.75 bits per heavy atom. The van der Waals surface area contributed by atoms with Gasteiger partial charge in [0.1, 0.15) is 0 Å². The minimum Gasteiger partial charge on any atom is -0.130 e. The minimum absolute atomic E-state index is 0.134. The standard InChI is InChI=1S/C11H6Br2Cl2S/c12-8-5-9(16-11(8)13)10(15)6-1-3-7(14)4-2-6/h1-5,10H. The SMILES string of the molecule is Clc1ccc(C(Cl)c2cc(Br)c(Br)s2)cc1. The molecule has 0 fully saturated rings. The van der Waals surface area contributed by atoms with Gasteiger partial charge in [-0.15, -0.1) is 22.9 Å². The fourth-order valence-electron chi connectivity index (χ4n) is 1.28. The molecule has 0 N–H and O–H groups in total. The highest BCUT2D eigenvalue weighted by Crippen LogP contribution is 2.40. The van der Waals surface area contributed by atoms with E-state index in [-0.39, 0.29) is 5.38 Å². The van der Waals surface area contributed by atoms with E-state index in [0.717, 1.165) is 23.7 Å². The molecule has 0 amide bonds. The fourth-order valence-corrected chi connectivity index (χ4v) is 3.85. The van der Waals surface area contributed by atoms with Gasteiger partial charge in [-0.2, -0.15) is 0 Å². The zero-order valence-corrected chi connectivity index (χ0v) is 13.4. The maximum absolute atomic E-state index is 6.39. The molecule has 0 aliphatic heterocycles. The maximum atomic E-state index is 6.39. The van der Waals surface area contributed by atoms with Crippen molar-refractivity contribution in [2.75, 3.05) is 0 Å². The lowest BCUT2D eigenvalue weighted by Crippen LogP contribution is -1.88. The molecule has 84 valence electrons. The molecule has 0 saturated carbocycles. The Bertz CT molecular complexity index is 474. The molecule has 1 atom stereocenters. The van der Waals surface area contributed by atoms with Gasteiger partial charge in [0.15, 0.2) is 0 Å². The van der Waals surface area contributed by atoms with Crippen LogP contribution in [0.4, 0.5) is 0 Å². The largest absolute Gasteiger partial charge is 0.130 e. The molecule has 0 bridgehead atoms. The van der Waals surface area contributed by atoms with Crippen molar-refractivity contribution in [3.8, 4) is 0 Å². The van der Waals surface area contributed by atoms with Gasteiger partial charge in [-0.25, -0.2) is 0 Å². The quantitative estimate of drug-likeness (QED) is 0.522. The summed E-state index contributed by atoms with van der Waals surface area (Å²) >= 11 is 20.8. The zero-order valence-electron chi connectivity index (χ0n) is 7.88. The Morgan fingerprint density at radius 3 is 2.25 bits per heavy atom. The first-order chi connectivity index (χ1) is 7.58. The monoisotopic (exact) mass is 398 g/mol. The van der Waals surface area contributed by atoms with Crippen molar-refractivity contribution in [1.82, 2.24) is 0 Å². The predicted octanol–water partition coefficient (Wildman–Crippen LogP) is 6.25. The van der Waals surface area contributed by atoms with Crippen LogP contribution in [0, 0.1) is 0 Å². The van der Waals surface area contributed by atoms with Crippen molar-refractivity contribution in [2.45, 2.75) is 5.38 Å². The van der Waals surface area contributed by atoms with Crippen molar-refractivity contribution in [3.63, 3.8) is 0 Å². The van der Waals surface area contributed by atoms with Gasteiger partial charge in [0.25, 0.3) is 0 Å². The van der Waals surface area contributed by atoms with Gasteiger partial charge in [0.05, 0.1) is 9.16 Å². The lowest BCUT2D eigenvalue weighted by Gasteiger charge is -2.07. The molecule has 1 aromatic heterocycles. The van der Waals surface area contributed by atoms with Crippen molar-refractivity contribution in [3.05, 3.63) is 54.1 Å². The minimum atomic E-state index is -0.134. The van der Waals surface area contributed by atoms with Gasteiger partial charge in [0.2, 0.25) is 0 Å². The molecule has 16 heavy (non-hydrogen) atoms. The number of benzene rings is 1. The summed E-state index contributed by atoms with van der Waals surface area (Å²) in [7, 11) is 0. The first kappa shape index (κ1) is 12.9. The topological polar surface area (TPSA) is 0 Å². The van der Waals surface area contributed by atoms with Crippen LogP contribution < -0.4 is 0 Å². The Balaban J connectivity index is 2.31. The van der Waals surface area contributed by atoms with Crippen molar-refractivity contribution in [2.24, 2.45) is 0 Å². The van der Waals surface area contributed by atoms with Crippen LogP contribution in [0.1, 0.15) is 15.8 Å². The third-order valence-corrected chi connectivity index (χ3v) is 6.27.